The number of hydrogen-bond acceptors (Lipinski definition) is 4. The summed E-state index contributed by atoms with van der Waals surface area (Å²) in [6, 6.07) is 7.99. The SMILES string of the molecule is CC(=O)OC(C=Cc1cccc(C(C)C)c1)OC(C)=O. The topological polar surface area (TPSA) is 52.6 Å². The Morgan fingerprint density at radius 2 is 1.70 bits per heavy atom. The molecule has 108 valence electrons. The van der Waals surface area contributed by atoms with Gasteiger partial charge in [0, 0.05) is 13.8 Å². The number of ether oxygens (including phenoxy) is 2. The molecule has 0 bridgehead atoms. The first-order chi connectivity index (χ1) is 9.38. The van der Waals surface area contributed by atoms with Gasteiger partial charge in [-0.3, -0.25) is 9.59 Å². The molecule has 0 atom stereocenters. The standard InChI is InChI=1S/C16H20O4/c1-11(2)15-7-5-6-14(10-15)8-9-16(19-12(3)17)20-13(4)18/h5-11,16H,1-4H3. The van der Waals surface area contributed by atoms with Crippen LogP contribution in [0.5, 0.6) is 0 Å². The van der Waals surface area contributed by atoms with Gasteiger partial charge in [-0.05, 0) is 23.1 Å². The Bertz CT molecular complexity index is 487. The molecule has 1 aromatic rings. The molecule has 0 amide bonds. The number of rotatable bonds is 5. The lowest BCUT2D eigenvalue weighted by Crippen LogP contribution is -2.19. The zero-order valence-electron chi connectivity index (χ0n) is 12.3. The van der Waals surface area contributed by atoms with Gasteiger partial charge in [-0.25, -0.2) is 0 Å². The highest BCUT2D eigenvalue weighted by Crippen LogP contribution is 2.16. The van der Waals surface area contributed by atoms with Crippen molar-refractivity contribution in [2.75, 3.05) is 0 Å². The molecule has 1 rings (SSSR count). The van der Waals surface area contributed by atoms with Crippen molar-refractivity contribution in [3.05, 3.63) is 41.5 Å². The maximum atomic E-state index is 10.9. The van der Waals surface area contributed by atoms with Gasteiger partial charge in [0.25, 0.3) is 6.29 Å². The Balaban J connectivity index is 2.83. The molecule has 0 fully saturated rings. The first kappa shape index (κ1) is 16.0. The van der Waals surface area contributed by atoms with Gasteiger partial charge in [-0.2, -0.15) is 0 Å². The number of benzene rings is 1. The molecule has 0 saturated carbocycles. The maximum Gasteiger partial charge on any atom is 0.305 e. The van der Waals surface area contributed by atoms with Crippen LogP contribution in [0.15, 0.2) is 30.3 Å². The smallest absolute Gasteiger partial charge is 0.305 e. The second-order valence-corrected chi connectivity index (χ2v) is 4.77. The van der Waals surface area contributed by atoms with Gasteiger partial charge < -0.3 is 9.47 Å². The Morgan fingerprint density at radius 3 is 2.20 bits per heavy atom. The lowest BCUT2D eigenvalue weighted by molar-refractivity contribution is -0.176. The largest absolute Gasteiger partial charge is 0.421 e. The molecule has 0 spiro atoms. The summed E-state index contributed by atoms with van der Waals surface area (Å²) in [5.41, 5.74) is 2.17. The molecule has 0 saturated heterocycles. The van der Waals surface area contributed by atoms with E-state index in [1.165, 1.54) is 19.4 Å². The highest BCUT2D eigenvalue weighted by molar-refractivity contribution is 5.68. The van der Waals surface area contributed by atoms with Crippen molar-refractivity contribution >= 4 is 18.0 Å². The van der Waals surface area contributed by atoms with Gasteiger partial charge in [-0.1, -0.05) is 44.2 Å². The minimum absolute atomic E-state index is 0.432. The molecule has 4 heteroatoms. The fraction of sp³-hybridized carbons (Fsp3) is 0.375. The molecule has 0 radical (unpaired) electrons. The van der Waals surface area contributed by atoms with Crippen molar-refractivity contribution in [1.82, 2.24) is 0 Å². The fourth-order valence-electron chi connectivity index (χ4n) is 1.64. The van der Waals surface area contributed by atoms with E-state index >= 15 is 0 Å². The van der Waals surface area contributed by atoms with Crippen LogP contribution in [-0.4, -0.2) is 18.2 Å². The number of carbonyl (C=O) groups is 2. The molecule has 0 aromatic heterocycles. The van der Waals surface area contributed by atoms with Crippen LogP contribution >= 0.6 is 0 Å². The van der Waals surface area contributed by atoms with E-state index in [4.69, 9.17) is 9.47 Å². The minimum Gasteiger partial charge on any atom is -0.421 e. The first-order valence-corrected chi connectivity index (χ1v) is 6.51. The monoisotopic (exact) mass is 276 g/mol. The predicted molar refractivity (Wildman–Crippen MR) is 76.9 cm³/mol. The van der Waals surface area contributed by atoms with E-state index in [-0.39, 0.29) is 0 Å². The summed E-state index contributed by atoms with van der Waals surface area (Å²) in [4.78, 5) is 21.9. The van der Waals surface area contributed by atoms with E-state index in [1.54, 1.807) is 12.2 Å². The number of carbonyl (C=O) groups excluding carboxylic acids is 2. The summed E-state index contributed by atoms with van der Waals surface area (Å²) in [6.45, 7) is 6.76. The predicted octanol–water partition coefficient (Wildman–Crippen LogP) is 3.28. The van der Waals surface area contributed by atoms with Crippen LogP contribution in [0.4, 0.5) is 0 Å². The van der Waals surface area contributed by atoms with E-state index < -0.39 is 18.2 Å². The van der Waals surface area contributed by atoms with Gasteiger partial charge in [-0.15, -0.1) is 0 Å². The van der Waals surface area contributed by atoms with Crippen molar-refractivity contribution < 1.29 is 19.1 Å². The van der Waals surface area contributed by atoms with E-state index in [2.05, 4.69) is 19.9 Å². The van der Waals surface area contributed by atoms with Crippen molar-refractivity contribution in [2.24, 2.45) is 0 Å². The van der Waals surface area contributed by atoms with Gasteiger partial charge in [0.1, 0.15) is 0 Å². The molecular weight excluding hydrogens is 256 g/mol. The quantitative estimate of drug-likeness (QED) is 0.611. The van der Waals surface area contributed by atoms with Crippen molar-refractivity contribution in [1.29, 1.82) is 0 Å². The molecule has 4 nitrogen and oxygen atoms in total. The van der Waals surface area contributed by atoms with E-state index in [1.807, 2.05) is 18.2 Å². The minimum atomic E-state index is -0.993. The van der Waals surface area contributed by atoms with Crippen LogP contribution in [-0.2, 0) is 19.1 Å². The summed E-state index contributed by atoms with van der Waals surface area (Å²) < 4.78 is 9.78. The fourth-order valence-corrected chi connectivity index (χ4v) is 1.64. The highest BCUT2D eigenvalue weighted by Gasteiger charge is 2.11. The van der Waals surface area contributed by atoms with Crippen LogP contribution in [0.1, 0.15) is 44.7 Å². The third kappa shape index (κ3) is 5.69. The molecular formula is C16H20O4. The lowest BCUT2D eigenvalue weighted by atomic mass is 10.0. The molecule has 1 aromatic carbocycles. The molecule has 0 unspecified atom stereocenters. The van der Waals surface area contributed by atoms with E-state index in [9.17, 15) is 9.59 Å². The van der Waals surface area contributed by atoms with Crippen molar-refractivity contribution in [3.63, 3.8) is 0 Å². The van der Waals surface area contributed by atoms with Crippen LogP contribution in [0, 0.1) is 0 Å². The number of esters is 2. The molecule has 0 aliphatic heterocycles. The Kier molecular flexibility index (Phi) is 5.97. The summed E-state index contributed by atoms with van der Waals surface area (Å²) in [6.07, 6.45) is 2.32. The van der Waals surface area contributed by atoms with Crippen molar-refractivity contribution in [2.45, 2.75) is 39.9 Å². The summed E-state index contributed by atoms with van der Waals surface area (Å²) in [5, 5.41) is 0. The Hall–Kier alpha value is -2.10. The molecule has 0 heterocycles. The van der Waals surface area contributed by atoms with Gasteiger partial charge in [0.2, 0.25) is 0 Å². The third-order valence-corrected chi connectivity index (χ3v) is 2.59. The average molecular weight is 276 g/mol. The second kappa shape index (κ2) is 7.48. The van der Waals surface area contributed by atoms with E-state index in [0.29, 0.717) is 5.92 Å². The zero-order valence-corrected chi connectivity index (χ0v) is 12.3. The zero-order chi connectivity index (χ0) is 15.1. The van der Waals surface area contributed by atoms with Gasteiger partial charge >= 0.3 is 11.9 Å². The van der Waals surface area contributed by atoms with Crippen LogP contribution in [0.3, 0.4) is 0 Å². The summed E-state index contributed by atoms with van der Waals surface area (Å²) >= 11 is 0. The van der Waals surface area contributed by atoms with Crippen molar-refractivity contribution in [3.8, 4) is 0 Å². The third-order valence-electron chi connectivity index (χ3n) is 2.59. The molecule has 20 heavy (non-hydrogen) atoms. The lowest BCUT2D eigenvalue weighted by Gasteiger charge is -2.12. The Morgan fingerprint density at radius 1 is 1.10 bits per heavy atom. The van der Waals surface area contributed by atoms with Crippen LogP contribution < -0.4 is 0 Å². The average Bonchev–Trinajstić information content (AvgIpc) is 2.35. The maximum absolute atomic E-state index is 10.9. The van der Waals surface area contributed by atoms with Crippen LogP contribution in [0.25, 0.3) is 6.08 Å². The normalized spacial score (nSPS) is 11.1. The van der Waals surface area contributed by atoms with Gasteiger partial charge in [0.05, 0.1) is 0 Å². The van der Waals surface area contributed by atoms with E-state index in [0.717, 1.165) is 5.56 Å². The molecule has 0 aliphatic carbocycles. The first-order valence-electron chi connectivity index (χ1n) is 6.51. The highest BCUT2D eigenvalue weighted by atomic mass is 16.7. The van der Waals surface area contributed by atoms with Crippen LogP contribution in [0.2, 0.25) is 0 Å². The van der Waals surface area contributed by atoms with Gasteiger partial charge in [0.15, 0.2) is 0 Å². The molecule has 0 N–H and O–H groups in total. The summed E-state index contributed by atoms with van der Waals surface area (Å²) in [7, 11) is 0. The summed E-state index contributed by atoms with van der Waals surface area (Å²) in [5.74, 6) is -0.574. The number of hydrogen-bond donors (Lipinski definition) is 0. The Labute approximate surface area is 119 Å². The second-order valence-electron chi connectivity index (χ2n) is 4.77. The molecule has 0 aliphatic rings.